The van der Waals surface area contributed by atoms with Gasteiger partial charge in [0.05, 0.1) is 5.54 Å². The fourth-order valence-electron chi connectivity index (χ4n) is 8.12. The molecule has 3 heteroatoms. The zero-order chi connectivity index (χ0) is 34.9. The van der Waals surface area contributed by atoms with Crippen LogP contribution in [0.25, 0.3) is 33.5 Å². The normalized spacial score (nSPS) is 17.1. The van der Waals surface area contributed by atoms with E-state index in [1.807, 2.05) is 11.8 Å². The maximum Gasteiger partial charge on any atom is 0.0534 e. The predicted octanol–water partition coefficient (Wildman–Crippen LogP) is 13.1. The Labute approximate surface area is 300 Å². The summed E-state index contributed by atoms with van der Waals surface area (Å²) < 4.78 is 0. The van der Waals surface area contributed by atoms with Crippen molar-refractivity contribution in [2.45, 2.75) is 90.0 Å². The fraction of sp³-hybridized carbons (Fsp3) is 0.348. The molecule has 4 aromatic rings. The highest BCUT2D eigenvalue weighted by Gasteiger charge is 2.39. The Morgan fingerprint density at radius 1 is 0.878 bits per heavy atom. The van der Waals surface area contributed by atoms with Crippen LogP contribution in [0.5, 0.6) is 0 Å². The van der Waals surface area contributed by atoms with E-state index >= 15 is 0 Å². The van der Waals surface area contributed by atoms with Crippen LogP contribution >= 0.6 is 11.8 Å². The summed E-state index contributed by atoms with van der Waals surface area (Å²) in [6.07, 6.45) is 16.3. The Hall–Kier alpha value is -3.95. The average molecular weight is 667 g/mol. The summed E-state index contributed by atoms with van der Waals surface area (Å²) in [4.78, 5) is 6.46. The number of anilines is 2. The van der Waals surface area contributed by atoms with Gasteiger partial charge >= 0.3 is 0 Å². The summed E-state index contributed by atoms with van der Waals surface area (Å²) in [7, 11) is 0. The van der Waals surface area contributed by atoms with E-state index in [1.54, 1.807) is 0 Å². The molecule has 0 fully saturated rings. The molecule has 2 aliphatic rings. The van der Waals surface area contributed by atoms with Crippen molar-refractivity contribution < 1.29 is 0 Å². The average Bonchev–Trinajstić information content (AvgIpc) is 3.28. The molecule has 0 aliphatic carbocycles. The Morgan fingerprint density at radius 3 is 2.37 bits per heavy atom. The third-order valence-electron chi connectivity index (χ3n) is 10.6. The van der Waals surface area contributed by atoms with E-state index < -0.39 is 0 Å². The fourth-order valence-corrected chi connectivity index (χ4v) is 8.56. The third kappa shape index (κ3) is 6.93. The highest BCUT2D eigenvalue weighted by Crippen LogP contribution is 2.49. The predicted molar refractivity (Wildman–Crippen MR) is 219 cm³/mol. The zero-order valence-corrected chi connectivity index (χ0v) is 31.8. The van der Waals surface area contributed by atoms with Gasteiger partial charge in [-0.2, -0.15) is 0 Å². The monoisotopic (exact) mass is 666 g/mol. The first-order chi connectivity index (χ1) is 23.4. The number of thioether (sulfide) groups is 1. The highest BCUT2D eigenvalue weighted by atomic mass is 32.2. The summed E-state index contributed by atoms with van der Waals surface area (Å²) in [6.45, 7) is 22.2. The van der Waals surface area contributed by atoms with Crippen LogP contribution in [-0.2, 0) is 5.41 Å². The van der Waals surface area contributed by atoms with E-state index in [-0.39, 0.29) is 11.0 Å². The van der Waals surface area contributed by atoms with Gasteiger partial charge in [-0.25, -0.2) is 0 Å². The number of allylic oxidation sites excluding steroid dienone is 5. The van der Waals surface area contributed by atoms with Gasteiger partial charge in [-0.3, -0.25) is 0 Å². The molecule has 0 saturated heterocycles. The molecule has 2 aliphatic heterocycles. The van der Waals surface area contributed by atoms with Crippen LogP contribution in [0.4, 0.5) is 11.4 Å². The summed E-state index contributed by atoms with van der Waals surface area (Å²) in [5.74, 6) is 0. The first-order valence-corrected chi connectivity index (χ1v) is 19.3. The van der Waals surface area contributed by atoms with Gasteiger partial charge in [-0.15, -0.1) is 18.3 Å². The summed E-state index contributed by atoms with van der Waals surface area (Å²) in [5.41, 5.74) is 13.1. The first kappa shape index (κ1) is 34.9. The molecule has 2 heterocycles. The molecule has 4 aromatic carbocycles. The molecule has 0 aromatic heterocycles. The Morgan fingerprint density at radius 2 is 1.65 bits per heavy atom. The van der Waals surface area contributed by atoms with Crippen LogP contribution in [0, 0.1) is 0 Å². The Kier molecular flexibility index (Phi) is 10.1. The van der Waals surface area contributed by atoms with Crippen LogP contribution in [0.1, 0.15) is 90.8 Å². The quantitative estimate of drug-likeness (QED) is 0.0893. The van der Waals surface area contributed by atoms with Crippen LogP contribution < -0.4 is 9.80 Å². The van der Waals surface area contributed by atoms with Gasteiger partial charge < -0.3 is 9.80 Å². The molecule has 0 radical (unpaired) electrons. The van der Waals surface area contributed by atoms with Crippen LogP contribution in [-0.4, -0.2) is 24.9 Å². The molecular formula is C46H54N2S. The van der Waals surface area contributed by atoms with Crippen molar-refractivity contribution in [3.8, 4) is 11.1 Å². The molecule has 49 heavy (non-hydrogen) atoms. The molecule has 2 nitrogen and oxygen atoms in total. The lowest BCUT2D eigenvalue weighted by Crippen LogP contribution is -2.44. The topological polar surface area (TPSA) is 6.48 Å². The molecule has 0 saturated carbocycles. The van der Waals surface area contributed by atoms with Crippen LogP contribution in [0.2, 0.25) is 0 Å². The van der Waals surface area contributed by atoms with Crippen LogP contribution in [0.15, 0.2) is 114 Å². The van der Waals surface area contributed by atoms with Gasteiger partial charge in [0.1, 0.15) is 0 Å². The second-order valence-electron chi connectivity index (χ2n) is 15.1. The van der Waals surface area contributed by atoms with Gasteiger partial charge in [0.2, 0.25) is 0 Å². The van der Waals surface area contributed by atoms with E-state index in [9.17, 15) is 0 Å². The van der Waals surface area contributed by atoms with Gasteiger partial charge in [0, 0.05) is 46.0 Å². The van der Waals surface area contributed by atoms with Crippen molar-refractivity contribution in [3.63, 3.8) is 0 Å². The maximum atomic E-state index is 4.11. The minimum Gasteiger partial charge on any atom is -0.363 e. The van der Waals surface area contributed by atoms with E-state index in [4.69, 9.17) is 0 Å². The third-order valence-corrected chi connectivity index (χ3v) is 11.3. The Balaban J connectivity index is 1.44. The molecule has 0 amide bonds. The van der Waals surface area contributed by atoms with Crippen molar-refractivity contribution in [3.05, 3.63) is 126 Å². The Bertz CT molecular complexity index is 1960. The van der Waals surface area contributed by atoms with E-state index in [0.29, 0.717) is 0 Å². The summed E-state index contributed by atoms with van der Waals surface area (Å²) >= 11 is 1.82. The summed E-state index contributed by atoms with van der Waals surface area (Å²) in [5, 5.41) is 2.58. The summed E-state index contributed by atoms with van der Waals surface area (Å²) in [6, 6.07) is 27.5. The number of benzene rings is 4. The van der Waals surface area contributed by atoms with E-state index in [1.165, 1.54) is 91.0 Å². The number of likely N-dealkylation sites (N-methyl/N-ethyl adjacent to an activating group) is 1. The standard InChI is InChI=1S/C46H54N2S/c1-10-48-43-28-37-27-36(34-19-14-11-15-20-34)26-35(40(37)30-39(43)33(4)31-45(48,5)6)21-17-22-44-46(7,8)41-29-38(49-9)23-24-42(41)47(44)25-16-12-13-18-32(2)3/h11,14-15,17,19-24,26-31H,2,10,12-13,16,18,25H2,1,3-9H3/b21-17+,44-22+. The number of unbranched alkanes of at least 4 members (excludes halogenated alkanes) is 2. The highest BCUT2D eigenvalue weighted by molar-refractivity contribution is 7.98. The molecule has 0 N–H and O–H groups in total. The minimum absolute atomic E-state index is 0.0236. The van der Waals surface area contributed by atoms with Gasteiger partial charge in [0.25, 0.3) is 0 Å². The zero-order valence-electron chi connectivity index (χ0n) is 31.0. The van der Waals surface area contributed by atoms with Gasteiger partial charge in [-0.1, -0.05) is 74.4 Å². The molecule has 0 spiro atoms. The van der Waals surface area contributed by atoms with Crippen molar-refractivity contribution >= 4 is 45.6 Å². The molecule has 0 atom stereocenters. The number of rotatable bonds is 11. The number of fused-ring (bicyclic) bond motifs is 3. The number of hydrogen-bond donors (Lipinski definition) is 0. The van der Waals surface area contributed by atoms with Gasteiger partial charge in [-0.05, 0) is 147 Å². The van der Waals surface area contributed by atoms with E-state index in [2.05, 4.69) is 168 Å². The van der Waals surface area contributed by atoms with Crippen molar-refractivity contribution in [2.75, 3.05) is 29.1 Å². The molecular weight excluding hydrogens is 613 g/mol. The maximum absolute atomic E-state index is 4.11. The SMILES string of the molecule is C=C(C)CCCCCN1/C(=C/C=C/c2cc(-c3ccccc3)cc3cc4c(cc23)C(C)=CC(C)(C)N4CC)C(C)(C)c2cc(SC)ccc21. The first-order valence-electron chi connectivity index (χ1n) is 18.1. The smallest absolute Gasteiger partial charge is 0.0534 e. The molecule has 0 bridgehead atoms. The van der Waals surface area contributed by atoms with Gasteiger partial charge in [0.15, 0.2) is 0 Å². The molecule has 6 rings (SSSR count). The second kappa shape index (κ2) is 14.1. The van der Waals surface area contributed by atoms with Crippen molar-refractivity contribution in [1.82, 2.24) is 0 Å². The minimum atomic E-state index is -0.0888. The molecule has 0 unspecified atom stereocenters. The lowest BCUT2D eigenvalue weighted by atomic mass is 9.83. The van der Waals surface area contributed by atoms with Crippen molar-refractivity contribution in [1.29, 1.82) is 0 Å². The number of hydrogen-bond acceptors (Lipinski definition) is 3. The van der Waals surface area contributed by atoms with E-state index in [0.717, 1.165) is 19.5 Å². The number of nitrogens with zero attached hydrogens (tertiary/aromatic N) is 2. The molecule has 254 valence electrons. The lowest BCUT2D eigenvalue weighted by Gasteiger charge is -2.43. The largest absolute Gasteiger partial charge is 0.363 e. The van der Waals surface area contributed by atoms with Crippen molar-refractivity contribution in [2.24, 2.45) is 0 Å². The van der Waals surface area contributed by atoms with Crippen LogP contribution in [0.3, 0.4) is 0 Å². The lowest BCUT2D eigenvalue weighted by molar-refractivity contribution is 0.567. The second-order valence-corrected chi connectivity index (χ2v) is 16.0.